The van der Waals surface area contributed by atoms with Crippen LogP contribution in [0.2, 0.25) is 0 Å². The van der Waals surface area contributed by atoms with E-state index in [0.717, 1.165) is 36.4 Å². The molecule has 0 aliphatic heterocycles. The zero-order valence-electron chi connectivity index (χ0n) is 11.0. The number of hydrogen-bond donors (Lipinski definition) is 2. The maximum absolute atomic E-state index is 12.4. The van der Waals surface area contributed by atoms with Crippen molar-refractivity contribution in [1.82, 2.24) is 9.71 Å². The molecule has 1 saturated carbocycles. The van der Waals surface area contributed by atoms with Gasteiger partial charge in [-0.3, -0.25) is 0 Å². The summed E-state index contributed by atoms with van der Waals surface area (Å²) in [7, 11) is -3.49. The fourth-order valence-electron chi connectivity index (χ4n) is 2.38. The van der Waals surface area contributed by atoms with Crippen molar-refractivity contribution in [2.75, 3.05) is 11.5 Å². The number of anilines is 1. The summed E-state index contributed by atoms with van der Waals surface area (Å²) < 4.78 is 27.8. The Morgan fingerprint density at radius 1 is 1.53 bits per heavy atom. The summed E-state index contributed by atoms with van der Waals surface area (Å²) >= 11 is 2.86. The predicted molar refractivity (Wildman–Crippen MR) is 81.1 cm³/mol. The highest BCUT2D eigenvalue weighted by Crippen LogP contribution is 2.32. The van der Waals surface area contributed by atoms with E-state index in [0.29, 0.717) is 16.1 Å². The third-order valence-electron chi connectivity index (χ3n) is 3.15. The monoisotopic (exact) mass is 321 g/mol. The molecule has 1 heterocycles. The van der Waals surface area contributed by atoms with Gasteiger partial charge >= 0.3 is 0 Å². The summed E-state index contributed by atoms with van der Waals surface area (Å²) in [5.74, 6) is 1.01. The van der Waals surface area contributed by atoms with Crippen LogP contribution in [-0.4, -0.2) is 30.4 Å². The second kappa shape index (κ2) is 5.99. The number of nitrogens with zero attached hydrogens (tertiary/aromatic N) is 1. The molecule has 1 fully saturated rings. The van der Waals surface area contributed by atoms with Crippen LogP contribution in [0.25, 0.3) is 0 Å². The molecule has 1 aromatic heterocycles. The average molecular weight is 321 g/mol. The maximum Gasteiger partial charge on any atom is 0.252 e. The van der Waals surface area contributed by atoms with E-state index in [1.54, 1.807) is 6.92 Å². The summed E-state index contributed by atoms with van der Waals surface area (Å²) in [6, 6.07) is 0.0256. The fraction of sp³-hybridized carbons (Fsp3) is 0.727. The van der Waals surface area contributed by atoms with Gasteiger partial charge in [-0.2, -0.15) is 11.8 Å². The van der Waals surface area contributed by atoms with Crippen molar-refractivity contribution in [1.29, 1.82) is 0 Å². The van der Waals surface area contributed by atoms with Gasteiger partial charge in [0.25, 0.3) is 10.0 Å². The van der Waals surface area contributed by atoms with Gasteiger partial charge in [0.1, 0.15) is 0 Å². The fourth-order valence-corrected chi connectivity index (χ4v) is 6.29. The number of thiazole rings is 1. The van der Waals surface area contributed by atoms with E-state index in [4.69, 9.17) is 5.73 Å². The third-order valence-corrected chi connectivity index (χ3v) is 7.57. The molecule has 0 bridgehead atoms. The van der Waals surface area contributed by atoms with Crippen LogP contribution in [0.4, 0.5) is 5.13 Å². The molecule has 19 heavy (non-hydrogen) atoms. The van der Waals surface area contributed by atoms with Gasteiger partial charge in [-0.15, -0.1) is 0 Å². The number of nitrogens with two attached hydrogens (primary N) is 1. The molecule has 2 unspecified atom stereocenters. The Balaban J connectivity index is 2.15. The zero-order chi connectivity index (χ0) is 14.0. The minimum Gasteiger partial charge on any atom is -0.375 e. The van der Waals surface area contributed by atoms with Gasteiger partial charge in [-0.25, -0.2) is 18.1 Å². The molecular formula is C11H19N3O2S3. The van der Waals surface area contributed by atoms with Crippen LogP contribution in [0, 0.1) is 6.92 Å². The molecule has 1 aromatic rings. The lowest BCUT2D eigenvalue weighted by Gasteiger charge is -2.19. The van der Waals surface area contributed by atoms with Crippen molar-refractivity contribution < 1.29 is 8.42 Å². The number of hydrogen-bond acceptors (Lipinski definition) is 6. The lowest BCUT2D eigenvalue weighted by atomic mass is 10.3. The van der Waals surface area contributed by atoms with E-state index in [9.17, 15) is 8.42 Å². The van der Waals surface area contributed by atoms with Crippen molar-refractivity contribution in [3.8, 4) is 0 Å². The molecule has 1 aliphatic carbocycles. The number of nitrogen functional groups attached to an aromatic ring is 1. The lowest BCUT2D eigenvalue weighted by Crippen LogP contribution is -2.38. The normalized spacial score (nSPS) is 23.9. The van der Waals surface area contributed by atoms with E-state index in [2.05, 4.69) is 16.6 Å². The van der Waals surface area contributed by atoms with Gasteiger partial charge in [0.2, 0.25) is 0 Å². The maximum atomic E-state index is 12.4. The number of rotatable bonds is 5. The molecule has 0 saturated heterocycles. The quantitative estimate of drug-likeness (QED) is 0.866. The van der Waals surface area contributed by atoms with Gasteiger partial charge in [0.05, 0.1) is 5.69 Å². The van der Waals surface area contributed by atoms with Gasteiger partial charge < -0.3 is 5.73 Å². The molecule has 0 spiro atoms. The van der Waals surface area contributed by atoms with Crippen LogP contribution in [0.15, 0.2) is 4.21 Å². The van der Waals surface area contributed by atoms with Crippen LogP contribution in [0.3, 0.4) is 0 Å². The number of aromatic nitrogens is 1. The predicted octanol–water partition coefficient (Wildman–Crippen LogP) is 1.99. The molecule has 3 N–H and O–H groups in total. The Morgan fingerprint density at radius 3 is 2.84 bits per heavy atom. The standard InChI is InChI=1S/C11H19N3O2S3/c1-3-17-9-6-4-5-8(9)14-19(15,16)10-7(2)13-11(12)18-10/h8-9,14H,3-6H2,1-2H3,(H2,12,13). The molecule has 2 atom stereocenters. The summed E-state index contributed by atoms with van der Waals surface area (Å²) in [6.45, 7) is 3.77. The summed E-state index contributed by atoms with van der Waals surface area (Å²) in [5, 5.41) is 0.675. The van der Waals surface area contributed by atoms with Crippen molar-refractivity contribution >= 4 is 38.3 Å². The van der Waals surface area contributed by atoms with Crippen molar-refractivity contribution in [2.24, 2.45) is 0 Å². The lowest BCUT2D eigenvalue weighted by molar-refractivity contribution is 0.556. The molecule has 1 aliphatic rings. The number of sulfonamides is 1. The third kappa shape index (κ3) is 3.42. The molecule has 0 amide bonds. The molecular weight excluding hydrogens is 302 g/mol. The number of thioether (sulfide) groups is 1. The zero-order valence-corrected chi connectivity index (χ0v) is 13.5. The van der Waals surface area contributed by atoms with Crippen molar-refractivity contribution in [3.05, 3.63) is 5.69 Å². The molecule has 8 heteroatoms. The van der Waals surface area contributed by atoms with Gasteiger partial charge in [0.15, 0.2) is 9.34 Å². The van der Waals surface area contributed by atoms with E-state index in [-0.39, 0.29) is 10.3 Å². The van der Waals surface area contributed by atoms with E-state index < -0.39 is 10.0 Å². The average Bonchev–Trinajstić information content (AvgIpc) is 2.86. The van der Waals surface area contributed by atoms with Crippen molar-refractivity contribution in [3.63, 3.8) is 0 Å². The SMILES string of the molecule is CCSC1CCCC1NS(=O)(=O)c1sc(N)nc1C. The van der Waals surface area contributed by atoms with Gasteiger partial charge in [-0.1, -0.05) is 24.7 Å². The first-order valence-electron chi connectivity index (χ1n) is 6.31. The number of nitrogens with one attached hydrogen (secondary N) is 1. The first-order valence-corrected chi connectivity index (χ1v) is 9.65. The van der Waals surface area contributed by atoms with Crippen LogP contribution in [0.1, 0.15) is 31.9 Å². The van der Waals surface area contributed by atoms with E-state index in [1.807, 2.05) is 11.8 Å². The van der Waals surface area contributed by atoms with E-state index >= 15 is 0 Å². The first-order chi connectivity index (χ1) is 8.94. The molecule has 108 valence electrons. The first kappa shape index (κ1) is 15.1. The molecule has 2 rings (SSSR count). The summed E-state index contributed by atoms with van der Waals surface area (Å²) in [5.41, 5.74) is 6.05. The van der Waals surface area contributed by atoms with Gasteiger partial charge in [0, 0.05) is 11.3 Å². The van der Waals surface area contributed by atoms with E-state index in [1.165, 1.54) is 0 Å². The minimum absolute atomic E-state index is 0.0256. The van der Waals surface area contributed by atoms with Crippen LogP contribution in [-0.2, 0) is 10.0 Å². The van der Waals surface area contributed by atoms with Crippen LogP contribution >= 0.6 is 23.1 Å². The second-order valence-corrected chi connectivity index (χ2v) is 9.03. The minimum atomic E-state index is -3.49. The van der Waals surface area contributed by atoms with Crippen molar-refractivity contribution in [2.45, 2.75) is 48.6 Å². The van der Waals surface area contributed by atoms with Gasteiger partial charge in [-0.05, 0) is 25.5 Å². The Morgan fingerprint density at radius 2 is 2.26 bits per heavy atom. The Hall–Kier alpha value is -0.310. The Kier molecular flexibility index (Phi) is 4.75. The Bertz CT molecular complexity index is 541. The molecule has 5 nitrogen and oxygen atoms in total. The number of aryl methyl sites for hydroxylation is 1. The second-order valence-electron chi connectivity index (χ2n) is 4.58. The molecule has 0 aromatic carbocycles. The molecule has 0 radical (unpaired) electrons. The van der Waals surface area contributed by atoms with Crippen LogP contribution in [0.5, 0.6) is 0 Å². The highest BCUT2D eigenvalue weighted by Gasteiger charge is 2.32. The topological polar surface area (TPSA) is 85.1 Å². The van der Waals surface area contributed by atoms with Crippen LogP contribution < -0.4 is 10.5 Å². The summed E-state index contributed by atoms with van der Waals surface area (Å²) in [6.07, 6.45) is 3.06. The smallest absolute Gasteiger partial charge is 0.252 e. The highest BCUT2D eigenvalue weighted by molar-refractivity contribution is 8.00. The highest BCUT2D eigenvalue weighted by atomic mass is 32.2. The summed E-state index contributed by atoms with van der Waals surface area (Å²) in [4.78, 5) is 3.98. The largest absolute Gasteiger partial charge is 0.375 e. The Labute approximate surface area is 122 Å².